The minimum atomic E-state index is -0.0631. The SMILES string of the molecule is CCC(C)c1ccc(OCCn2c(CCNC(=O)c3ccc(C)cc3)nc3ccccc32)cc1. The average molecular weight is 456 g/mol. The second-order valence-corrected chi connectivity index (χ2v) is 8.77. The lowest BCUT2D eigenvalue weighted by atomic mass is 9.99. The highest BCUT2D eigenvalue weighted by molar-refractivity contribution is 5.94. The van der Waals surface area contributed by atoms with E-state index in [1.807, 2.05) is 49.4 Å². The Labute approximate surface area is 201 Å². The molecule has 5 nitrogen and oxygen atoms in total. The number of hydrogen-bond donors (Lipinski definition) is 1. The maximum atomic E-state index is 12.5. The number of aryl methyl sites for hydroxylation is 1. The third kappa shape index (κ3) is 5.66. The molecule has 0 radical (unpaired) electrons. The largest absolute Gasteiger partial charge is 0.492 e. The quantitative estimate of drug-likeness (QED) is 0.323. The number of benzene rings is 3. The maximum absolute atomic E-state index is 12.5. The van der Waals surface area contributed by atoms with Crippen LogP contribution >= 0.6 is 0 Å². The molecule has 0 spiro atoms. The van der Waals surface area contributed by atoms with E-state index in [9.17, 15) is 4.79 Å². The maximum Gasteiger partial charge on any atom is 0.251 e. The normalized spacial score (nSPS) is 12.0. The van der Waals surface area contributed by atoms with E-state index in [2.05, 4.69) is 54.1 Å². The number of aromatic nitrogens is 2. The number of amides is 1. The van der Waals surface area contributed by atoms with Crippen LogP contribution in [0, 0.1) is 6.92 Å². The first-order valence-corrected chi connectivity index (χ1v) is 12.1. The van der Waals surface area contributed by atoms with Crippen LogP contribution in [0.1, 0.15) is 53.5 Å². The van der Waals surface area contributed by atoms with E-state index in [1.54, 1.807) is 0 Å². The van der Waals surface area contributed by atoms with Crippen molar-refractivity contribution in [2.24, 2.45) is 0 Å². The minimum absolute atomic E-state index is 0.0631. The van der Waals surface area contributed by atoms with Gasteiger partial charge in [0.2, 0.25) is 0 Å². The van der Waals surface area contributed by atoms with E-state index in [0.29, 0.717) is 37.6 Å². The molecule has 1 N–H and O–H groups in total. The van der Waals surface area contributed by atoms with Gasteiger partial charge in [0.1, 0.15) is 18.2 Å². The lowest BCUT2D eigenvalue weighted by Crippen LogP contribution is -2.26. The molecule has 4 aromatic rings. The Morgan fingerprint density at radius 1 is 1.03 bits per heavy atom. The number of rotatable bonds is 10. The number of para-hydroxylation sites is 2. The summed E-state index contributed by atoms with van der Waals surface area (Å²) in [5.41, 5.74) is 5.19. The zero-order chi connectivity index (χ0) is 23.9. The molecule has 3 aromatic carbocycles. The van der Waals surface area contributed by atoms with Crippen molar-refractivity contribution in [2.75, 3.05) is 13.2 Å². The molecule has 1 heterocycles. The summed E-state index contributed by atoms with van der Waals surface area (Å²) in [5.74, 6) is 2.32. The van der Waals surface area contributed by atoms with Gasteiger partial charge in [-0.25, -0.2) is 4.98 Å². The Kier molecular flexibility index (Phi) is 7.63. The molecule has 0 aliphatic rings. The number of fused-ring (bicyclic) bond motifs is 1. The third-order valence-electron chi connectivity index (χ3n) is 6.33. The first-order valence-electron chi connectivity index (χ1n) is 12.1. The second kappa shape index (κ2) is 11.0. The van der Waals surface area contributed by atoms with Crippen molar-refractivity contribution in [3.05, 3.63) is 95.3 Å². The summed E-state index contributed by atoms with van der Waals surface area (Å²) < 4.78 is 8.24. The molecule has 34 heavy (non-hydrogen) atoms. The number of carbonyl (C=O) groups is 1. The van der Waals surface area contributed by atoms with Crippen molar-refractivity contribution < 1.29 is 9.53 Å². The van der Waals surface area contributed by atoms with Gasteiger partial charge in [0.05, 0.1) is 17.6 Å². The number of nitrogens with zero attached hydrogens (tertiary/aromatic N) is 2. The van der Waals surface area contributed by atoms with Crippen molar-refractivity contribution in [1.82, 2.24) is 14.9 Å². The van der Waals surface area contributed by atoms with Gasteiger partial charge >= 0.3 is 0 Å². The van der Waals surface area contributed by atoms with E-state index in [-0.39, 0.29) is 5.91 Å². The molecule has 0 bridgehead atoms. The van der Waals surface area contributed by atoms with Gasteiger partial charge in [0, 0.05) is 18.5 Å². The first kappa shape index (κ1) is 23.6. The molecular weight excluding hydrogens is 422 g/mol. The molecule has 1 atom stereocenters. The fourth-order valence-electron chi connectivity index (χ4n) is 4.04. The average Bonchev–Trinajstić information content (AvgIpc) is 3.21. The molecule has 1 unspecified atom stereocenters. The van der Waals surface area contributed by atoms with Crippen molar-refractivity contribution in [3.63, 3.8) is 0 Å². The van der Waals surface area contributed by atoms with Crippen molar-refractivity contribution in [2.45, 2.75) is 46.1 Å². The Bertz CT molecular complexity index is 1230. The van der Waals surface area contributed by atoms with Crippen LogP contribution in [0.3, 0.4) is 0 Å². The molecule has 5 heteroatoms. The predicted octanol–water partition coefficient (Wildman–Crippen LogP) is 5.91. The van der Waals surface area contributed by atoms with Gasteiger partial charge in [-0.15, -0.1) is 0 Å². The van der Waals surface area contributed by atoms with Gasteiger partial charge in [-0.3, -0.25) is 4.79 Å². The van der Waals surface area contributed by atoms with Gasteiger partial charge in [-0.2, -0.15) is 0 Å². The van der Waals surface area contributed by atoms with Crippen LogP contribution in [0.15, 0.2) is 72.8 Å². The molecule has 0 saturated heterocycles. The van der Waals surface area contributed by atoms with E-state index in [1.165, 1.54) is 5.56 Å². The molecule has 1 amide bonds. The van der Waals surface area contributed by atoms with Gasteiger partial charge in [-0.1, -0.05) is 55.8 Å². The summed E-state index contributed by atoms with van der Waals surface area (Å²) in [6.07, 6.45) is 1.78. The Balaban J connectivity index is 1.38. The number of hydrogen-bond acceptors (Lipinski definition) is 3. The zero-order valence-electron chi connectivity index (χ0n) is 20.3. The van der Waals surface area contributed by atoms with Crippen LogP contribution in [0.4, 0.5) is 0 Å². The second-order valence-electron chi connectivity index (χ2n) is 8.77. The Morgan fingerprint density at radius 2 is 1.76 bits per heavy atom. The topological polar surface area (TPSA) is 56.1 Å². The Hall–Kier alpha value is -3.60. The van der Waals surface area contributed by atoms with E-state index in [0.717, 1.165) is 34.6 Å². The Morgan fingerprint density at radius 3 is 2.50 bits per heavy atom. The molecule has 0 aliphatic heterocycles. The fraction of sp³-hybridized carbons (Fsp3) is 0.310. The van der Waals surface area contributed by atoms with Gasteiger partial charge < -0.3 is 14.6 Å². The zero-order valence-corrected chi connectivity index (χ0v) is 20.3. The third-order valence-corrected chi connectivity index (χ3v) is 6.33. The monoisotopic (exact) mass is 455 g/mol. The summed E-state index contributed by atoms with van der Waals surface area (Å²) in [5, 5.41) is 3.02. The standard InChI is InChI=1S/C29H33N3O2/c1-4-22(3)23-13-15-25(16-14-23)34-20-19-32-27-8-6-5-7-26(27)31-28(32)17-18-30-29(33)24-11-9-21(2)10-12-24/h5-16,22H,4,17-20H2,1-3H3,(H,30,33). The van der Waals surface area contributed by atoms with Crippen LogP contribution in [-0.4, -0.2) is 28.6 Å². The molecule has 0 fully saturated rings. The van der Waals surface area contributed by atoms with Crippen LogP contribution in [0.2, 0.25) is 0 Å². The minimum Gasteiger partial charge on any atom is -0.492 e. The highest BCUT2D eigenvalue weighted by atomic mass is 16.5. The number of imidazole rings is 1. The van der Waals surface area contributed by atoms with Crippen LogP contribution in [0.5, 0.6) is 5.75 Å². The van der Waals surface area contributed by atoms with E-state index < -0.39 is 0 Å². The highest BCUT2D eigenvalue weighted by Gasteiger charge is 2.12. The molecule has 4 rings (SSSR count). The summed E-state index contributed by atoms with van der Waals surface area (Å²) in [4.78, 5) is 17.3. The van der Waals surface area contributed by atoms with Crippen LogP contribution in [-0.2, 0) is 13.0 Å². The van der Waals surface area contributed by atoms with Crippen molar-refractivity contribution in [3.8, 4) is 5.75 Å². The molecular formula is C29H33N3O2. The molecule has 0 aliphatic carbocycles. The predicted molar refractivity (Wildman–Crippen MR) is 138 cm³/mol. The molecule has 0 saturated carbocycles. The lowest BCUT2D eigenvalue weighted by molar-refractivity contribution is 0.0954. The van der Waals surface area contributed by atoms with Crippen molar-refractivity contribution in [1.29, 1.82) is 0 Å². The van der Waals surface area contributed by atoms with Crippen LogP contribution < -0.4 is 10.1 Å². The number of ether oxygens (including phenoxy) is 1. The number of nitrogens with one attached hydrogen (secondary N) is 1. The van der Waals surface area contributed by atoms with E-state index >= 15 is 0 Å². The van der Waals surface area contributed by atoms with Crippen LogP contribution in [0.25, 0.3) is 11.0 Å². The van der Waals surface area contributed by atoms with Gasteiger partial charge in [-0.05, 0) is 61.2 Å². The van der Waals surface area contributed by atoms with E-state index in [4.69, 9.17) is 9.72 Å². The van der Waals surface area contributed by atoms with Gasteiger partial charge in [0.15, 0.2) is 0 Å². The molecule has 176 valence electrons. The summed E-state index contributed by atoms with van der Waals surface area (Å²) in [6.45, 7) is 8.22. The number of carbonyl (C=O) groups excluding carboxylic acids is 1. The lowest BCUT2D eigenvalue weighted by Gasteiger charge is -2.13. The first-order chi connectivity index (χ1) is 16.5. The van der Waals surface area contributed by atoms with Crippen molar-refractivity contribution >= 4 is 16.9 Å². The fourth-order valence-corrected chi connectivity index (χ4v) is 4.04. The smallest absolute Gasteiger partial charge is 0.251 e. The highest BCUT2D eigenvalue weighted by Crippen LogP contribution is 2.22. The molecule has 1 aromatic heterocycles. The summed E-state index contributed by atoms with van der Waals surface area (Å²) in [7, 11) is 0. The summed E-state index contributed by atoms with van der Waals surface area (Å²) >= 11 is 0. The van der Waals surface area contributed by atoms with Gasteiger partial charge in [0.25, 0.3) is 5.91 Å². The summed E-state index contributed by atoms with van der Waals surface area (Å²) in [6, 6.07) is 24.1.